The van der Waals surface area contributed by atoms with Gasteiger partial charge < -0.3 is 24.5 Å². The van der Waals surface area contributed by atoms with E-state index in [1.54, 1.807) is 0 Å². The number of hydrogen-bond donors (Lipinski definition) is 2. The summed E-state index contributed by atoms with van der Waals surface area (Å²) in [6, 6.07) is 9.28. The van der Waals surface area contributed by atoms with Crippen LogP contribution < -0.4 is 10.6 Å². The first-order chi connectivity index (χ1) is 11.1. The lowest BCUT2D eigenvalue weighted by atomic mass is 10.2. The van der Waals surface area contributed by atoms with Crippen molar-refractivity contribution in [3.63, 3.8) is 0 Å². The zero-order valence-corrected chi connectivity index (χ0v) is 13.4. The van der Waals surface area contributed by atoms with E-state index < -0.39 is 5.79 Å². The van der Waals surface area contributed by atoms with Crippen LogP contribution in [0.2, 0.25) is 0 Å². The van der Waals surface area contributed by atoms with Crippen molar-refractivity contribution >= 4 is 17.0 Å². The molecule has 0 saturated carbocycles. The van der Waals surface area contributed by atoms with E-state index in [1.165, 1.54) is 0 Å². The number of benzene rings is 1. The van der Waals surface area contributed by atoms with E-state index in [1.807, 2.05) is 44.2 Å². The van der Waals surface area contributed by atoms with Gasteiger partial charge in [0.15, 0.2) is 5.79 Å². The lowest BCUT2D eigenvalue weighted by Gasteiger charge is -2.22. The second-order valence-electron chi connectivity index (χ2n) is 5.89. The maximum Gasteiger partial charge on any atom is 0.315 e. The van der Waals surface area contributed by atoms with Crippen LogP contribution in [0.5, 0.6) is 0 Å². The molecule has 1 atom stereocenters. The topological polar surface area (TPSA) is 72.7 Å². The van der Waals surface area contributed by atoms with Crippen molar-refractivity contribution in [3.8, 4) is 0 Å². The SMILES string of the molecule is C[C@@H](NC(=O)NCCC1(C)OCCO1)c1cc2ccccc2o1. The summed E-state index contributed by atoms with van der Waals surface area (Å²) >= 11 is 0. The molecule has 124 valence electrons. The fourth-order valence-electron chi connectivity index (χ4n) is 2.64. The molecule has 0 spiro atoms. The molecule has 1 aliphatic rings. The Balaban J connectivity index is 1.49. The number of nitrogens with one attached hydrogen (secondary N) is 2. The minimum absolute atomic E-state index is 0.211. The van der Waals surface area contributed by atoms with Gasteiger partial charge in [-0.3, -0.25) is 0 Å². The maximum atomic E-state index is 12.0. The highest BCUT2D eigenvalue weighted by Crippen LogP contribution is 2.24. The summed E-state index contributed by atoms with van der Waals surface area (Å²) in [5, 5.41) is 6.71. The highest BCUT2D eigenvalue weighted by atomic mass is 16.7. The number of fused-ring (bicyclic) bond motifs is 1. The van der Waals surface area contributed by atoms with E-state index in [2.05, 4.69) is 10.6 Å². The van der Waals surface area contributed by atoms with Crippen LogP contribution in [-0.4, -0.2) is 31.6 Å². The molecule has 0 bridgehead atoms. The monoisotopic (exact) mass is 318 g/mol. The predicted molar refractivity (Wildman–Crippen MR) is 86.1 cm³/mol. The Bertz CT molecular complexity index is 643. The highest BCUT2D eigenvalue weighted by Gasteiger charge is 2.30. The number of ether oxygens (including phenoxy) is 2. The lowest BCUT2D eigenvalue weighted by Crippen LogP contribution is -2.40. The second kappa shape index (κ2) is 6.60. The van der Waals surface area contributed by atoms with Gasteiger partial charge in [-0.05, 0) is 26.0 Å². The summed E-state index contributed by atoms with van der Waals surface area (Å²) in [5.41, 5.74) is 0.819. The lowest BCUT2D eigenvalue weighted by molar-refractivity contribution is -0.145. The molecule has 1 aromatic heterocycles. The van der Waals surface area contributed by atoms with Gasteiger partial charge in [0.25, 0.3) is 0 Å². The van der Waals surface area contributed by atoms with Crippen molar-refractivity contribution < 1.29 is 18.7 Å². The van der Waals surface area contributed by atoms with Gasteiger partial charge in [0.2, 0.25) is 0 Å². The average molecular weight is 318 g/mol. The Morgan fingerprint density at radius 1 is 1.30 bits per heavy atom. The summed E-state index contributed by atoms with van der Waals surface area (Å²) in [6.07, 6.45) is 0.611. The number of rotatable bonds is 5. The number of hydrogen-bond acceptors (Lipinski definition) is 4. The third-order valence-electron chi connectivity index (χ3n) is 3.98. The van der Waals surface area contributed by atoms with Crippen LogP contribution in [-0.2, 0) is 9.47 Å². The summed E-state index contributed by atoms with van der Waals surface area (Å²) in [5.74, 6) is 0.147. The molecular formula is C17H22N2O4. The van der Waals surface area contributed by atoms with Gasteiger partial charge in [-0.25, -0.2) is 4.79 Å². The molecule has 3 rings (SSSR count). The normalized spacial score (nSPS) is 18.0. The van der Waals surface area contributed by atoms with Gasteiger partial charge in [0.05, 0.1) is 19.3 Å². The fourth-order valence-corrected chi connectivity index (χ4v) is 2.64. The third kappa shape index (κ3) is 3.83. The van der Waals surface area contributed by atoms with E-state index in [0.717, 1.165) is 16.7 Å². The van der Waals surface area contributed by atoms with Gasteiger partial charge in [0.1, 0.15) is 11.3 Å². The first kappa shape index (κ1) is 15.8. The van der Waals surface area contributed by atoms with Crippen molar-refractivity contribution in [2.45, 2.75) is 32.1 Å². The number of urea groups is 1. The molecular weight excluding hydrogens is 296 g/mol. The molecule has 6 heteroatoms. The minimum Gasteiger partial charge on any atom is -0.459 e. The molecule has 2 aromatic rings. The fraction of sp³-hybridized carbons (Fsp3) is 0.471. The Kier molecular flexibility index (Phi) is 4.54. The van der Waals surface area contributed by atoms with Gasteiger partial charge >= 0.3 is 6.03 Å². The van der Waals surface area contributed by atoms with E-state index >= 15 is 0 Å². The number of furan rings is 1. The maximum absolute atomic E-state index is 12.0. The molecule has 1 saturated heterocycles. The van der Waals surface area contributed by atoms with Crippen LogP contribution in [0.15, 0.2) is 34.7 Å². The number of carbonyl (C=O) groups excluding carboxylic acids is 1. The quantitative estimate of drug-likeness (QED) is 0.889. The number of para-hydroxylation sites is 1. The average Bonchev–Trinajstić information content (AvgIpc) is 3.13. The molecule has 2 heterocycles. The second-order valence-corrected chi connectivity index (χ2v) is 5.89. The van der Waals surface area contributed by atoms with Crippen molar-refractivity contribution in [2.75, 3.05) is 19.8 Å². The van der Waals surface area contributed by atoms with Gasteiger partial charge in [-0.2, -0.15) is 0 Å². The van der Waals surface area contributed by atoms with Gasteiger partial charge in [-0.1, -0.05) is 18.2 Å². The smallest absolute Gasteiger partial charge is 0.315 e. The zero-order chi connectivity index (χ0) is 16.3. The molecule has 1 aliphatic heterocycles. The Morgan fingerprint density at radius 3 is 2.78 bits per heavy atom. The van der Waals surface area contributed by atoms with Crippen LogP contribution in [0, 0.1) is 0 Å². The molecule has 0 radical (unpaired) electrons. The zero-order valence-electron chi connectivity index (χ0n) is 13.4. The van der Waals surface area contributed by atoms with Gasteiger partial charge in [-0.15, -0.1) is 0 Å². The standard InChI is InChI=1S/C17H22N2O4/c1-12(15-11-13-5-3-4-6-14(13)23-15)19-16(20)18-8-7-17(2)21-9-10-22-17/h3-6,11-12H,7-10H2,1-2H3,(H2,18,19,20)/t12-/m1/s1. The van der Waals surface area contributed by atoms with Crippen molar-refractivity contribution in [3.05, 3.63) is 36.1 Å². The first-order valence-corrected chi connectivity index (χ1v) is 7.86. The Hall–Kier alpha value is -2.05. The van der Waals surface area contributed by atoms with Crippen LogP contribution in [0.1, 0.15) is 32.1 Å². The van der Waals surface area contributed by atoms with Crippen molar-refractivity contribution in [2.24, 2.45) is 0 Å². The molecule has 6 nitrogen and oxygen atoms in total. The van der Waals surface area contributed by atoms with Gasteiger partial charge in [0, 0.05) is 18.4 Å². The summed E-state index contributed by atoms with van der Waals surface area (Å²) in [6.45, 7) is 5.46. The number of amides is 2. The van der Waals surface area contributed by atoms with Crippen LogP contribution in [0.4, 0.5) is 4.79 Å². The molecule has 0 unspecified atom stereocenters. The minimum atomic E-state index is -0.586. The van der Waals surface area contributed by atoms with E-state index in [9.17, 15) is 4.79 Å². The predicted octanol–water partition coefficient (Wildman–Crippen LogP) is 2.95. The van der Waals surface area contributed by atoms with Crippen LogP contribution >= 0.6 is 0 Å². The summed E-state index contributed by atoms with van der Waals surface area (Å²) < 4.78 is 16.7. The first-order valence-electron chi connectivity index (χ1n) is 7.86. The summed E-state index contributed by atoms with van der Waals surface area (Å²) in [7, 11) is 0. The molecule has 2 amide bonds. The largest absolute Gasteiger partial charge is 0.459 e. The van der Waals surface area contributed by atoms with E-state index in [4.69, 9.17) is 13.9 Å². The van der Waals surface area contributed by atoms with Crippen molar-refractivity contribution in [1.82, 2.24) is 10.6 Å². The Labute approximate surface area is 135 Å². The molecule has 2 N–H and O–H groups in total. The Morgan fingerprint density at radius 2 is 2.04 bits per heavy atom. The number of carbonyl (C=O) groups is 1. The molecule has 0 aliphatic carbocycles. The van der Waals surface area contributed by atoms with E-state index in [-0.39, 0.29) is 12.1 Å². The van der Waals surface area contributed by atoms with E-state index in [0.29, 0.717) is 26.2 Å². The summed E-state index contributed by atoms with van der Waals surface area (Å²) in [4.78, 5) is 12.0. The molecule has 23 heavy (non-hydrogen) atoms. The van der Waals surface area contributed by atoms with Crippen molar-refractivity contribution in [1.29, 1.82) is 0 Å². The highest BCUT2D eigenvalue weighted by molar-refractivity contribution is 5.78. The third-order valence-corrected chi connectivity index (χ3v) is 3.98. The molecule has 1 aromatic carbocycles. The molecule has 1 fully saturated rings. The van der Waals surface area contributed by atoms with Crippen LogP contribution in [0.25, 0.3) is 11.0 Å². The van der Waals surface area contributed by atoms with Crippen LogP contribution in [0.3, 0.4) is 0 Å².